The van der Waals surface area contributed by atoms with Crippen LogP contribution in [0.3, 0.4) is 0 Å². The Hall–Kier alpha value is -2.43. The van der Waals surface area contributed by atoms with Crippen LogP contribution < -0.4 is 0 Å². The number of benzene rings is 1. The molecule has 0 saturated heterocycles. The number of aliphatic carboxylic acids is 1. The molecular weight excluding hydrogens is 271 g/mol. The van der Waals surface area contributed by atoms with E-state index < -0.39 is 11.8 Å². The van der Waals surface area contributed by atoms with Gasteiger partial charge in [0.05, 0.1) is 11.4 Å². The number of aryl methyl sites for hydroxylation is 1. The van der Waals surface area contributed by atoms with E-state index in [0.717, 1.165) is 29.4 Å². The van der Waals surface area contributed by atoms with Gasteiger partial charge in [-0.05, 0) is 50.1 Å². The molecule has 4 nitrogen and oxygen atoms in total. The summed E-state index contributed by atoms with van der Waals surface area (Å²) in [6.45, 7) is 5.93. The molecule has 0 fully saturated rings. The molecule has 1 N–H and O–H groups in total. The summed E-state index contributed by atoms with van der Waals surface area (Å²) < 4.78 is 15.2. The lowest BCUT2D eigenvalue weighted by Crippen LogP contribution is -2.02. The molecule has 1 heterocycles. The number of carboxylic acid groups (broad SMARTS) is 1. The summed E-state index contributed by atoms with van der Waals surface area (Å²) in [5.74, 6) is -1.49. The average Bonchev–Trinajstić information content (AvgIpc) is 2.71. The number of hydrogen-bond acceptors (Lipinski definition) is 2. The van der Waals surface area contributed by atoms with Crippen molar-refractivity contribution in [2.45, 2.75) is 27.2 Å². The first-order valence-electron chi connectivity index (χ1n) is 6.70. The molecule has 2 aromatic rings. The van der Waals surface area contributed by atoms with Crippen LogP contribution in [0.2, 0.25) is 0 Å². The Morgan fingerprint density at radius 2 is 2.14 bits per heavy atom. The zero-order valence-electron chi connectivity index (χ0n) is 12.2. The predicted octanol–water partition coefficient (Wildman–Crippen LogP) is 3.29. The molecule has 21 heavy (non-hydrogen) atoms. The van der Waals surface area contributed by atoms with E-state index >= 15 is 0 Å². The predicted molar refractivity (Wildman–Crippen MR) is 79.0 cm³/mol. The van der Waals surface area contributed by atoms with Crippen molar-refractivity contribution in [1.29, 1.82) is 0 Å². The van der Waals surface area contributed by atoms with Gasteiger partial charge < -0.3 is 5.11 Å². The summed E-state index contributed by atoms with van der Waals surface area (Å²) in [7, 11) is 0. The summed E-state index contributed by atoms with van der Waals surface area (Å²) in [6, 6.07) is 4.25. The molecule has 2 rings (SSSR count). The van der Waals surface area contributed by atoms with E-state index in [9.17, 15) is 9.18 Å². The summed E-state index contributed by atoms with van der Waals surface area (Å²) in [6.07, 6.45) is 3.23. The molecule has 5 heteroatoms. The third-order valence-electron chi connectivity index (χ3n) is 3.42. The van der Waals surface area contributed by atoms with Crippen LogP contribution in [-0.2, 0) is 11.2 Å². The first-order valence-corrected chi connectivity index (χ1v) is 6.70. The second-order valence-corrected chi connectivity index (χ2v) is 4.79. The lowest BCUT2D eigenvalue weighted by molar-refractivity contribution is -0.131. The lowest BCUT2D eigenvalue weighted by Gasteiger charge is -2.09. The molecule has 0 aliphatic heterocycles. The van der Waals surface area contributed by atoms with Crippen molar-refractivity contribution in [2.75, 3.05) is 0 Å². The number of carboxylic acids is 1. The standard InChI is InChI=1S/C16H17FN2O2/c1-4-14-10(2)18-19(11(14)3)15-7-6-13(17)9-12(15)5-8-16(20)21/h5-9H,4H2,1-3H3,(H,20,21)/b8-5+. The normalized spacial score (nSPS) is 11.2. The third-order valence-corrected chi connectivity index (χ3v) is 3.42. The van der Waals surface area contributed by atoms with E-state index in [1.54, 1.807) is 10.7 Å². The molecule has 1 aromatic carbocycles. The van der Waals surface area contributed by atoms with E-state index in [1.807, 2.05) is 13.8 Å². The Labute approximate surface area is 122 Å². The molecule has 0 atom stereocenters. The van der Waals surface area contributed by atoms with Crippen molar-refractivity contribution in [2.24, 2.45) is 0 Å². The summed E-state index contributed by atoms with van der Waals surface area (Å²) in [4.78, 5) is 10.7. The van der Waals surface area contributed by atoms with Gasteiger partial charge >= 0.3 is 5.97 Å². The fourth-order valence-corrected chi connectivity index (χ4v) is 2.43. The smallest absolute Gasteiger partial charge is 0.328 e. The Morgan fingerprint density at radius 3 is 2.71 bits per heavy atom. The topological polar surface area (TPSA) is 55.1 Å². The van der Waals surface area contributed by atoms with E-state index in [-0.39, 0.29) is 0 Å². The Kier molecular flexibility index (Phi) is 4.21. The quantitative estimate of drug-likeness (QED) is 0.878. The maximum Gasteiger partial charge on any atom is 0.328 e. The molecule has 0 radical (unpaired) electrons. The monoisotopic (exact) mass is 288 g/mol. The fourth-order valence-electron chi connectivity index (χ4n) is 2.43. The van der Waals surface area contributed by atoms with Gasteiger partial charge in [-0.15, -0.1) is 0 Å². The van der Waals surface area contributed by atoms with Gasteiger partial charge in [0.15, 0.2) is 0 Å². The molecule has 0 unspecified atom stereocenters. The zero-order chi connectivity index (χ0) is 15.6. The largest absolute Gasteiger partial charge is 0.478 e. The van der Waals surface area contributed by atoms with Crippen LogP contribution in [0.5, 0.6) is 0 Å². The molecule has 0 bridgehead atoms. The van der Waals surface area contributed by atoms with Gasteiger partial charge in [-0.3, -0.25) is 0 Å². The van der Waals surface area contributed by atoms with E-state index in [1.165, 1.54) is 18.2 Å². The number of aromatic nitrogens is 2. The SMILES string of the molecule is CCc1c(C)nn(-c2ccc(F)cc2/C=C/C(=O)O)c1C. The van der Waals surface area contributed by atoms with Gasteiger partial charge in [0.1, 0.15) is 5.82 Å². The molecule has 0 aliphatic rings. The summed E-state index contributed by atoms with van der Waals surface area (Å²) in [5, 5.41) is 13.2. The number of rotatable bonds is 4. The van der Waals surface area contributed by atoms with Gasteiger partial charge in [0.25, 0.3) is 0 Å². The highest BCUT2D eigenvalue weighted by Gasteiger charge is 2.13. The fraction of sp³-hybridized carbons (Fsp3) is 0.250. The molecule has 0 saturated carbocycles. The lowest BCUT2D eigenvalue weighted by atomic mass is 10.1. The van der Waals surface area contributed by atoms with Crippen LogP contribution in [0.25, 0.3) is 11.8 Å². The second kappa shape index (κ2) is 5.91. The molecule has 0 aliphatic carbocycles. The van der Waals surface area contributed by atoms with Gasteiger partial charge in [-0.1, -0.05) is 6.92 Å². The summed E-state index contributed by atoms with van der Waals surface area (Å²) >= 11 is 0. The Balaban J connectivity index is 2.61. The van der Waals surface area contributed by atoms with Crippen LogP contribution in [0.1, 0.15) is 29.4 Å². The van der Waals surface area contributed by atoms with E-state index in [0.29, 0.717) is 11.3 Å². The number of nitrogens with zero attached hydrogens (tertiary/aromatic N) is 2. The van der Waals surface area contributed by atoms with Crippen LogP contribution in [0, 0.1) is 19.7 Å². The van der Waals surface area contributed by atoms with Gasteiger partial charge in [0.2, 0.25) is 0 Å². The summed E-state index contributed by atoms with van der Waals surface area (Å²) in [5.41, 5.74) is 4.19. The minimum Gasteiger partial charge on any atom is -0.478 e. The van der Waals surface area contributed by atoms with Gasteiger partial charge in [-0.25, -0.2) is 13.9 Å². The molecular formula is C16H17FN2O2. The van der Waals surface area contributed by atoms with Crippen molar-refractivity contribution in [3.8, 4) is 5.69 Å². The Bertz CT molecular complexity index is 717. The van der Waals surface area contributed by atoms with Gasteiger partial charge in [-0.2, -0.15) is 5.10 Å². The maximum atomic E-state index is 13.4. The minimum atomic E-state index is -1.08. The van der Waals surface area contributed by atoms with Crippen molar-refractivity contribution < 1.29 is 14.3 Å². The van der Waals surface area contributed by atoms with Crippen molar-refractivity contribution in [3.05, 3.63) is 52.6 Å². The molecule has 0 spiro atoms. The minimum absolute atomic E-state index is 0.416. The van der Waals surface area contributed by atoms with Crippen LogP contribution in [-0.4, -0.2) is 20.9 Å². The first kappa shape index (κ1) is 15.0. The van der Waals surface area contributed by atoms with Gasteiger partial charge in [0, 0.05) is 17.3 Å². The number of halogens is 1. The zero-order valence-corrected chi connectivity index (χ0v) is 12.2. The number of carbonyl (C=O) groups is 1. The average molecular weight is 288 g/mol. The Morgan fingerprint density at radius 1 is 1.43 bits per heavy atom. The van der Waals surface area contributed by atoms with Crippen LogP contribution >= 0.6 is 0 Å². The molecule has 0 amide bonds. The highest BCUT2D eigenvalue weighted by atomic mass is 19.1. The highest BCUT2D eigenvalue weighted by Crippen LogP contribution is 2.23. The third kappa shape index (κ3) is 3.02. The molecule has 1 aromatic heterocycles. The van der Waals surface area contributed by atoms with Crippen LogP contribution in [0.15, 0.2) is 24.3 Å². The van der Waals surface area contributed by atoms with Crippen molar-refractivity contribution >= 4 is 12.0 Å². The highest BCUT2D eigenvalue weighted by molar-refractivity contribution is 5.86. The van der Waals surface area contributed by atoms with Crippen molar-refractivity contribution in [3.63, 3.8) is 0 Å². The van der Waals surface area contributed by atoms with Crippen molar-refractivity contribution in [1.82, 2.24) is 9.78 Å². The maximum absolute atomic E-state index is 13.4. The second-order valence-electron chi connectivity index (χ2n) is 4.79. The van der Waals surface area contributed by atoms with E-state index in [2.05, 4.69) is 12.0 Å². The first-order chi connectivity index (χ1) is 9.93. The van der Waals surface area contributed by atoms with Crippen LogP contribution in [0.4, 0.5) is 4.39 Å². The van der Waals surface area contributed by atoms with E-state index in [4.69, 9.17) is 5.11 Å². The number of hydrogen-bond donors (Lipinski definition) is 1. The molecule has 110 valence electrons.